The summed E-state index contributed by atoms with van der Waals surface area (Å²) in [6.07, 6.45) is 8.42. The van der Waals surface area contributed by atoms with Crippen LogP contribution in [-0.4, -0.2) is 9.97 Å². The monoisotopic (exact) mass is 184 g/mol. The smallest absolute Gasteiger partial charge is 0.0347 e. The standard InChI is InChI=1S/C12H12N2/c1-2-10-6-12(9-14-7-10)11-4-3-5-13-8-11/h3-9H,2H2,1H3. The van der Waals surface area contributed by atoms with E-state index in [1.807, 2.05) is 30.7 Å². The van der Waals surface area contributed by atoms with E-state index in [2.05, 4.69) is 23.0 Å². The molecule has 2 aromatic rings. The highest BCUT2D eigenvalue weighted by molar-refractivity contribution is 5.61. The van der Waals surface area contributed by atoms with Crippen molar-refractivity contribution in [2.75, 3.05) is 0 Å². The highest BCUT2D eigenvalue weighted by Gasteiger charge is 1.98. The fraction of sp³-hybridized carbons (Fsp3) is 0.167. The summed E-state index contributed by atoms with van der Waals surface area (Å²) in [5.41, 5.74) is 3.51. The summed E-state index contributed by atoms with van der Waals surface area (Å²) in [4.78, 5) is 8.29. The third kappa shape index (κ3) is 1.79. The number of hydrogen-bond acceptors (Lipinski definition) is 2. The molecule has 0 amide bonds. The number of rotatable bonds is 2. The first kappa shape index (κ1) is 8.88. The Morgan fingerprint density at radius 2 is 1.93 bits per heavy atom. The molecular formula is C12H12N2. The lowest BCUT2D eigenvalue weighted by atomic mass is 10.1. The Bertz CT molecular complexity index is 410. The number of pyridine rings is 2. The molecule has 2 aromatic heterocycles. The van der Waals surface area contributed by atoms with Gasteiger partial charge in [-0.3, -0.25) is 9.97 Å². The van der Waals surface area contributed by atoms with Crippen LogP contribution >= 0.6 is 0 Å². The van der Waals surface area contributed by atoms with Crippen LogP contribution in [0, 0.1) is 0 Å². The van der Waals surface area contributed by atoms with Gasteiger partial charge in [-0.25, -0.2) is 0 Å². The fourth-order valence-electron chi connectivity index (χ4n) is 1.37. The van der Waals surface area contributed by atoms with E-state index in [1.54, 1.807) is 6.20 Å². The van der Waals surface area contributed by atoms with E-state index >= 15 is 0 Å². The van der Waals surface area contributed by atoms with Gasteiger partial charge in [-0.05, 0) is 24.1 Å². The summed E-state index contributed by atoms with van der Waals surface area (Å²) in [7, 11) is 0. The molecule has 0 bridgehead atoms. The van der Waals surface area contributed by atoms with E-state index in [9.17, 15) is 0 Å². The number of aryl methyl sites for hydroxylation is 1. The Hall–Kier alpha value is -1.70. The van der Waals surface area contributed by atoms with Crippen LogP contribution in [0.3, 0.4) is 0 Å². The Kier molecular flexibility index (Phi) is 2.54. The zero-order valence-corrected chi connectivity index (χ0v) is 8.14. The van der Waals surface area contributed by atoms with E-state index < -0.39 is 0 Å². The molecule has 0 aliphatic carbocycles. The van der Waals surface area contributed by atoms with Crippen molar-refractivity contribution < 1.29 is 0 Å². The van der Waals surface area contributed by atoms with E-state index in [1.165, 1.54) is 5.56 Å². The molecule has 0 N–H and O–H groups in total. The van der Waals surface area contributed by atoms with Crippen LogP contribution < -0.4 is 0 Å². The van der Waals surface area contributed by atoms with Crippen molar-refractivity contribution in [1.82, 2.24) is 9.97 Å². The molecule has 2 nitrogen and oxygen atoms in total. The highest BCUT2D eigenvalue weighted by atomic mass is 14.6. The van der Waals surface area contributed by atoms with Crippen LogP contribution in [-0.2, 0) is 6.42 Å². The fourth-order valence-corrected chi connectivity index (χ4v) is 1.37. The number of nitrogens with zero attached hydrogens (tertiary/aromatic N) is 2. The molecule has 0 aromatic carbocycles. The maximum Gasteiger partial charge on any atom is 0.0347 e. The molecule has 2 heteroatoms. The summed E-state index contributed by atoms with van der Waals surface area (Å²) >= 11 is 0. The average molecular weight is 184 g/mol. The first-order valence-electron chi connectivity index (χ1n) is 4.74. The molecule has 0 radical (unpaired) electrons. The zero-order chi connectivity index (χ0) is 9.80. The van der Waals surface area contributed by atoms with Crippen molar-refractivity contribution in [2.45, 2.75) is 13.3 Å². The van der Waals surface area contributed by atoms with Gasteiger partial charge in [-0.15, -0.1) is 0 Å². The number of hydrogen-bond donors (Lipinski definition) is 0. The largest absolute Gasteiger partial charge is 0.264 e. The van der Waals surface area contributed by atoms with Crippen molar-refractivity contribution >= 4 is 0 Å². The maximum absolute atomic E-state index is 4.20. The van der Waals surface area contributed by atoms with Gasteiger partial charge in [0.2, 0.25) is 0 Å². The highest BCUT2D eigenvalue weighted by Crippen LogP contribution is 2.17. The van der Waals surface area contributed by atoms with Crippen LogP contribution in [0.1, 0.15) is 12.5 Å². The topological polar surface area (TPSA) is 25.8 Å². The second-order valence-corrected chi connectivity index (χ2v) is 3.18. The van der Waals surface area contributed by atoms with E-state index in [0.29, 0.717) is 0 Å². The molecule has 0 saturated carbocycles. The first-order chi connectivity index (χ1) is 6.90. The average Bonchev–Trinajstić information content (AvgIpc) is 2.30. The summed E-state index contributed by atoms with van der Waals surface area (Å²) in [5.74, 6) is 0. The van der Waals surface area contributed by atoms with Gasteiger partial charge < -0.3 is 0 Å². The maximum atomic E-state index is 4.20. The summed E-state index contributed by atoms with van der Waals surface area (Å²) in [6.45, 7) is 2.13. The zero-order valence-electron chi connectivity index (χ0n) is 8.14. The third-order valence-corrected chi connectivity index (χ3v) is 2.20. The Balaban J connectivity index is 2.42. The summed E-state index contributed by atoms with van der Waals surface area (Å²) in [5, 5.41) is 0. The van der Waals surface area contributed by atoms with Gasteiger partial charge in [-0.1, -0.05) is 13.0 Å². The predicted molar refractivity (Wildman–Crippen MR) is 56.8 cm³/mol. The molecule has 14 heavy (non-hydrogen) atoms. The molecule has 0 atom stereocenters. The first-order valence-corrected chi connectivity index (χ1v) is 4.74. The second-order valence-electron chi connectivity index (χ2n) is 3.18. The molecule has 0 aliphatic rings. The molecule has 2 rings (SSSR count). The van der Waals surface area contributed by atoms with Crippen LogP contribution in [0.5, 0.6) is 0 Å². The van der Waals surface area contributed by atoms with Gasteiger partial charge in [0.25, 0.3) is 0 Å². The summed E-state index contributed by atoms with van der Waals surface area (Å²) in [6, 6.07) is 6.14. The lowest BCUT2D eigenvalue weighted by Crippen LogP contribution is -1.85. The Morgan fingerprint density at radius 3 is 2.64 bits per heavy atom. The summed E-state index contributed by atoms with van der Waals surface area (Å²) < 4.78 is 0. The Labute approximate surface area is 83.7 Å². The number of aromatic nitrogens is 2. The second kappa shape index (κ2) is 4.01. The lowest BCUT2D eigenvalue weighted by Gasteiger charge is -2.01. The van der Waals surface area contributed by atoms with Crippen LogP contribution in [0.2, 0.25) is 0 Å². The molecule has 0 unspecified atom stereocenters. The molecule has 70 valence electrons. The minimum atomic E-state index is 1.01. The normalized spacial score (nSPS) is 10.1. The SMILES string of the molecule is CCc1cncc(-c2cccnc2)c1. The van der Waals surface area contributed by atoms with E-state index in [0.717, 1.165) is 17.5 Å². The van der Waals surface area contributed by atoms with Gasteiger partial charge in [0, 0.05) is 35.9 Å². The van der Waals surface area contributed by atoms with Gasteiger partial charge >= 0.3 is 0 Å². The minimum Gasteiger partial charge on any atom is -0.264 e. The van der Waals surface area contributed by atoms with Crippen LogP contribution in [0.4, 0.5) is 0 Å². The molecular weight excluding hydrogens is 172 g/mol. The van der Waals surface area contributed by atoms with Crippen LogP contribution in [0.15, 0.2) is 43.0 Å². The predicted octanol–water partition coefficient (Wildman–Crippen LogP) is 2.71. The lowest BCUT2D eigenvalue weighted by molar-refractivity contribution is 1.10. The van der Waals surface area contributed by atoms with Gasteiger partial charge in [0.1, 0.15) is 0 Å². The van der Waals surface area contributed by atoms with Crippen molar-refractivity contribution in [1.29, 1.82) is 0 Å². The van der Waals surface area contributed by atoms with E-state index in [4.69, 9.17) is 0 Å². The van der Waals surface area contributed by atoms with Gasteiger partial charge in [-0.2, -0.15) is 0 Å². The molecule has 0 saturated heterocycles. The van der Waals surface area contributed by atoms with Crippen molar-refractivity contribution in [2.24, 2.45) is 0 Å². The molecule has 0 aliphatic heterocycles. The molecule has 0 spiro atoms. The van der Waals surface area contributed by atoms with Crippen molar-refractivity contribution in [3.8, 4) is 11.1 Å². The molecule has 2 heterocycles. The minimum absolute atomic E-state index is 1.01. The Morgan fingerprint density at radius 1 is 1.07 bits per heavy atom. The quantitative estimate of drug-likeness (QED) is 0.717. The van der Waals surface area contributed by atoms with Gasteiger partial charge in [0.15, 0.2) is 0 Å². The third-order valence-electron chi connectivity index (χ3n) is 2.20. The van der Waals surface area contributed by atoms with Gasteiger partial charge in [0.05, 0.1) is 0 Å². The van der Waals surface area contributed by atoms with E-state index in [-0.39, 0.29) is 0 Å². The van der Waals surface area contributed by atoms with Crippen molar-refractivity contribution in [3.63, 3.8) is 0 Å². The van der Waals surface area contributed by atoms with Crippen molar-refractivity contribution in [3.05, 3.63) is 48.5 Å². The molecule has 0 fully saturated rings. The van der Waals surface area contributed by atoms with Crippen LogP contribution in [0.25, 0.3) is 11.1 Å².